The Labute approximate surface area is 159 Å². The monoisotopic (exact) mass is 367 g/mol. The van der Waals surface area contributed by atoms with Gasteiger partial charge in [0.15, 0.2) is 0 Å². The van der Waals surface area contributed by atoms with Crippen LogP contribution in [-0.4, -0.2) is 41.9 Å². The van der Waals surface area contributed by atoms with Gasteiger partial charge in [0, 0.05) is 37.0 Å². The van der Waals surface area contributed by atoms with Gasteiger partial charge in [-0.3, -0.25) is 14.6 Å². The first-order valence-corrected chi connectivity index (χ1v) is 9.24. The molecule has 2 amide bonds. The van der Waals surface area contributed by atoms with Crippen LogP contribution in [0.4, 0.5) is 0 Å². The summed E-state index contributed by atoms with van der Waals surface area (Å²) in [6, 6.07) is 10.7. The molecule has 0 unspecified atom stereocenters. The summed E-state index contributed by atoms with van der Waals surface area (Å²) in [5.41, 5.74) is 1.63. The molecule has 142 valence electrons. The zero-order valence-electron chi connectivity index (χ0n) is 15.8. The van der Waals surface area contributed by atoms with Crippen LogP contribution in [0.2, 0.25) is 0 Å². The van der Waals surface area contributed by atoms with Crippen molar-refractivity contribution in [3.63, 3.8) is 0 Å². The lowest BCUT2D eigenvalue weighted by Gasteiger charge is -2.30. The quantitative estimate of drug-likeness (QED) is 0.882. The van der Waals surface area contributed by atoms with Crippen molar-refractivity contribution in [1.29, 1.82) is 0 Å². The number of para-hydroxylation sites is 1. The number of carbonyl (C=O) groups is 2. The molecule has 3 rings (SSSR count). The zero-order chi connectivity index (χ0) is 19.2. The fourth-order valence-corrected chi connectivity index (χ4v) is 3.19. The molecular formula is C21H25N3O3. The number of hydrogen-bond donors (Lipinski definition) is 1. The van der Waals surface area contributed by atoms with Gasteiger partial charge in [-0.2, -0.15) is 0 Å². The Hall–Kier alpha value is -2.89. The van der Waals surface area contributed by atoms with Gasteiger partial charge in [-0.25, -0.2) is 0 Å². The summed E-state index contributed by atoms with van der Waals surface area (Å²) < 4.78 is 5.30. The van der Waals surface area contributed by atoms with Crippen LogP contribution >= 0.6 is 0 Å². The second-order valence-electron chi connectivity index (χ2n) is 6.90. The number of rotatable bonds is 5. The molecule has 1 aliphatic rings. The summed E-state index contributed by atoms with van der Waals surface area (Å²) >= 11 is 0. The number of nitrogens with zero attached hydrogens (tertiary/aromatic N) is 2. The van der Waals surface area contributed by atoms with Crippen molar-refractivity contribution in [3.8, 4) is 5.75 Å². The van der Waals surface area contributed by atoms with E-state index < -0.39 is 0 Å². The van der Waals surface area contributed by atoms with Crippen molar-refractivity contribution < 1.29 is 14.3 Å². The normalized spacial score (nSPS) is 14.7. The van der Waals surface area contributed by atoms with Gasteiger partial charge < -0.3 is 15.0 Å². The topological polar surface area (TPSA) is 71.5 Å². The van der Waals surface area contributed by atoms with Crippen molar-refractivity contribution in [2.45, 2.75) is 26.3 Å². The third-order valence-corrected chi connectivity index (χ3v) is 4.94. The summed E-state index contributed by atoms with van der Waals surface area (Å²) in [6.07, 6.45) is 3.52. The number of pyridine rings is 1. The number of likely N-dealkylation sites (tertiary alicyclic amines) is 1. The van der Waals surface area contributed by atoms with E-state index in [0.717, 1.165) is 37.2 Å². The molecule has 0 bridgehead atoms. The maximum Gasteiger partial charge on any atom is 0.272 e. The minimum atomic E-state index is -0.246. The summed E-state index contributed by atoms with van der Waals surface area (Å²) in [6.45, 7) is 4.03. The molecule has 0 atom stereocenters. The number of hydrogen-bond acceptors (Lipinski definition) is 4. The van der Waals surface area contributed by atoms with Crippen molar-refractivity contribution >= 4 is 11.8 Å². The fraction of sp³-hybridized carbons (Fsp3) is 0.381. The lowest BCUT2D eigenvalue weighted by atomic mass is 9.99. The highest BCUT2D eigenvalue weighted by molar-refractivity contribution is 5.98. The molecule has 1 N–H and O–H groups in total. The van der Waals surface area contributed by atoms with Gasteiger partial charge in [0.1, 0.15) is 11.4 Å². The molecule has 1 aromatic heterocycles. The van der Waals surface area contributed by atoms with Crippen LogP contribution in [0.5, 0.6) is 5.75 Å². The van der Waals surface area contributed by atoms with Gasteiger partial charge in [-0.1, -0.05) is 25.1 Å². The second-order valence-corrected chi connectivity index (χ2v) is 6.90. The van der Waals surface area contributed by atoms with E-state index in [-0.39, 0.29) is 11.8 Å². The highest BCUT2D eigenvalue weighted by Gasteiger charge is 2.23. The molecule has 0 saturated carbocycles. The Kier molecular flexibility index (Phi) is 6.06. The molecular weight excluding hydrogens is 342 g/mol. The number of carbonyl (C=O) groups excluding carboxylic acids is 2. The van der Waals surface area contributed by atoms with E-state index in [1.165, 1.54) is 6.20 Å². The third kappa shape index (κ3) is 4.64. The van der Waals surface area contributed by atoms with Crippen LogP contribution < -0.4 is 10.1 Å². The van der Waals surface area contributed by atoms with E-state index in [1.54, 1.807) is 19.2 Å². The first-order chi connectivity index (χ1) is 13.1. The van der Waals surface area contributed by atoms with Gasteiger partial charge in [0.2, 0.25) is 0 Å². The second kappa shape index (κ2) is 8.66. The standard InChI is InChI=1S/C21H25N3O3/c1-15-8-11-24(12-9-15)21(26)18-13-16(7-10-22-18)20(25)23-14-17-5-3-4-6-19(17)27-2/h3-7,10,13,15H,8-9,11-12,14H2,1-2H3,(H,23,25). The molecule has 27 heavy (non-hydrogen) atoms. The van der Waals surface area contributed by atoms with E-state index in [4.69, 9.17) is 4.74 Å². The summed E-state index contributed by atoms with van der Waals surface area (Å²) in [7, 11) is 1.60. The average molecular weight is 367 g/mol. The Morgan fingerprint density at radius 2 is 1.96 bits per heavy atom. The minimum absolute atomic E-state index is 0.110. The third-order valence-electron chi connectivity index (χ3n) is 4.94. The maximum absolute atomic E-state index is 12.7. The number of methoxy groups -OCH3 is 1. The molecule has 0 radical (unpaired) electrons. The van der Waals surface area contributed by atoms with E-state index >= 15 is 0 Å². The summed E-state index contributed by atoms with van der Waals surface area (Å²) in [4.78, 5) is 31.2. The Morgan fingerprint density at radius 1 is 1.22 bits per heavy atom. The van der Waals surface area contributed by atoms with E-state index in [0.29, 0.717) is 23.7 Å². The number of benzene rings is 1. The summed E-state index contributed by atoms with van der Waals surface area (Å²) in [5.74, 6) is 1.02. The zero-order valence-corrected chi connectivity index (χ0v) is 15.8. The van der Waals surface area contributed by atoms with Gasteiger partial charge in [-0.05, 0) is 37.0 Å². The van der Waals surface area contributed by atoms with E-state index in [2.05, 4.69) is 17.2 Å². The van der Waals surface area contributed by atoms with Gasteiger partial charge in [0.25, 0.3) is 11.8 Å². The number of ether oxygens (including phenoxy) is 1. The predicted molar refractivity (Wildman–Crippen MR) is 103 cm³/mol. The van der Waals surface area contributed by atoms with Crippen molar-refractivity contribution in [2.75, 3.05) is 20.2 Å². The molecule has 1 aliphatic heterocycles. The van der Waals surface area contributed by atoms with Gasteiger partial charge in [0.05, 0.1) is 7.11 Å². The lowest BCUT2D eigenvalue weighted by Crippen LogP contribution is -2.38. The molecule has 6 nitrogen and oxygen atoms in total. The molecule has 1 fully saturated rings. The Bertz CT molecular complexity index is 814. The van der Waals surface area contributed by atoms with E-state index in [1.807, 2.05) is 29.2 Å². The average Bonchev–Trinajstić information content (AvgIpc) is 2.72. The molecule has 2 heterocycles. The van der Waals surface area contributed by atoms with Crippen LogP contribution in [0, 0.1) is 5.92 Å². The van der Waals surface area contributed by atoms with Crippen LogP contribution in [0.25, 0.3) is 0 Å². The first kappa shape index (κ1) is 18.9. The van der Waals surface area contributed by atoms with Gasteiger partial charge >= 0.3 is 0 Å². The molecule has 6 heteroatoms. The van der Waals surface area contributed by atoms with E-state index in [9.17, 15) is 9.59 Å². The summed E-state index contributed by atoms with van der Waals surface area (Å²) in [5, 5.41) is 2.87. The number of amides is 2. The van der Waals surface area contributed by atoms with Crippen molar-refractivity contribution in [3.05, 3.63) is 59.4 Å². The highest BCUT2D eigenvalue weighted by atomic mass is 16.5. The SMILES string of the molecule is COc1ccccc1CNC(=O)c1ccnc(C(=O)N2CCC(C)CC2)c1. The number of piperidine rings is 1. The molecule has 1 saturated heterocycles. The van der Waals surface area contributed by atoms with Crippen molar-refractivity contribution in [1.82, 2.24) is 15.2 Å². The first-order valence-electron chi connectivity index (χ1n) is 9.24. The van der Waals surface area contributed by atoms with Crippen LogP contribution in [0.3, 0.4) is 0 Å². The number of aromatic nitrogens is 1. The Morgan fingerprint density at radius 3 is 2.70 bits per heavy atom. The van der Waals surface area contributed by atoms with Crippen molar-refractivity contribution in [2.24, 2.45) is 5.92 Å². The highest BCUT2D eigenvalue weighted by Crippen LogP contribution is 2.19. The van der Waals surface area contributed by atoms with Gasteiger partial charge in [-0.15, -0.1) is 0 Å². The maximum atomic E-state index is 12.7. The van der Waals surface area contributed by atoms with Crippen LogP contribution in [-0.2, 0) is 6.54 Å². The minimum Gasteiger partial charge on any atom is -0.496 e. The van der Waals surface area contributed by atoms with Crippen LogP contribution in [0.1, 0.15) is 46.2 Å². The lowest BCUT2D eigenvalue weighted by molar-refractivity contribution is 0.0691. The fourth-order valence-electron chi connectivity index (χ4n) is 3.19. The molecule has 0 spiro atoms. The smallest absolute Gasteiger partial charge is 0.272 e. The largest absolute Gasteiger partial charge is 0.496 e. The predicted octanol–water partition coefficient (Wildman–Crippen LogP) is 2.89. The molecule has 1 aromatic carbocycles. The van der Waals surface area contributed by atoms with Crippen LogP contribution in [0.15, 0.2) is 42.6 Å². The number of nitrogens with one attached hydrogen (secondary N) is 1. The molecule has 0 aliphatic carbocycles. The Balaban J connectivity index is 1.66. The molecule has 2 aromatic rings.